The molecule has 1 N–H and O–H groups in total. The minimum atomic E-state index is -4.52. The summed E-state index contributed by atoms with van der Waals surface area (Å²) in [5.74, 6) is -0.904. The van der Waals surface area contributed by atoms with Crippen LogP contribution in [0.1, 0.15) is 44.5 Å². The molecule has 3 aromatic rings. The number of anilines is 2. The number of hydrogen-bond donors (Lipinski definition) is 1. The van der Waals surface area contributed by atoms with E-state index in [2.05, 4.69) is 10.4 Å². The van der Waals surface area contributed by atoms with E-state index >= 15 is 0 Å². The molecule has 1 aliphatic rings. The molecule has 0 saturated heterocycles. The third kappa shape index (κ3) is 5.27. The van der Waals surface area contributed by atoms with Crippen molar-refractivity contribution < 1.29 is 32.3 Å². The number of fused-ring (bicyclic) bond motifs is 1. The van der Waals surface area contributed by atoms with Gasteiger partial charge in [0.15, 0.2) is 5.82 Å². The van der Waals surface area contributed by atoms with E-state index in [4.69, 9.17) is 4.74 Å². The average molecular weight is 515 g/mol. The van der Waals surface area contributed by atoms with Crippen molar-refractivity contribution in [2.24, 2.45) is 0 Å². The van der Waals surface area contributed by atoms with Gasteiger partial charge in [-0.25, -0.2) is 4.79 Å². The Bertz CT molecular complexity index is 1330. The zero-order valence-corrected chi connectivity index (χ0v) is 20.3. The Hall–Kier alpha value is -4.35. The summed E-state index contributed by atoms with van der Waals surface area (Å²) in [5.41, 5.74) is 1.24. The van der Waals surface area contributed by atoms with Crippen LogP contribution in [0, 0.1) is 0 Å². The topological polar surface area (TPSA) is 96.8 Å². The van der Waals surface area contributed by atoms with Gasteiger partial charge in [-0.3, -0.25) is 9.59 Å². The summed E-state index contributed by atoms with van der Waals surface area (Å²) in [7, 11) is 3.75. The molecule has 37 heavy (non-hydrogen) atoms. The Morgan fingerprint density at radius 2 is 1.62 bits per heavy atom. The normalized spacial score (nSPS) is 12.8. The number of aromatic nitrogens is 2. The number of benzene rings is 2. The number of amides is 2. The Kier molecular flexibility index (Phi) is 6.92. The number of nitrogens with zero attached hydrogens (tertiary/aromatic N) is 4. The highest BCUT2D eigenvalue weighted by molar-refractivity contribution is 6.04. The van der Waals surface area contributed by atoms with Gasteiger partial charge in [0.25, 0.3) is 11.8 Å². The fourth-order valence-corrected chi connectivity index (χ4v) is 3.90. The maximum absolute atomic E-state index is 13.0. The van der Waals surface area contributed by atoms with Gasteiger partial charge in [0, 0.05) is 36.5 Å². The number of rotatable bonds is 5. The smallest absolute Gasteiger partial charge is 0.435 e. The van der Waals surface area contributed by atoms with Gasteiger partial charge in [0.1, 0.15) is 0 Å². The zero-order chi connectivity index (χ0) is 26.9. The lowest BCUT2D eigenvalue weighted by atomic mass is 10.1. The molecule has 0 saturated carbocycles. The van der Waals surface area contributed by atoms with E-state index in [1.165, 1.54) is 4.90 Å². The lowest BCUT2D eigenvalue weighted by Gasteiger charge is -2.17. The van der Waals surface area contributed by atoms with Crippen LogP contribution in [0.25, 0.3) is 0 Å². The summed E-state index contributed by atoms with van der Waals surface area (Å²) >= 11 is 0. The SMILES string of the molecule is CCOC(=O)n1nc(NC(=O)c2ccc(N(C)C)cc2)c2c1CN(C(=O)c1ccc(C(F)(F)F)cc1)C2. The van der Waals surface area contributed by atoms with E-state index in [1.54, 1.807) is 31.2 Å². The Morgan fingerprint density at radius 3 is 2.19 bits per heavy atom. The third-order valence-electron chi connectivity index (χ3n) is 5.84. The Balaban J connectivity index is 1.59. The summed E-state index contributed by atoms with van der Waals surface area (Å²) in [5, 5.41) is 6.90. The van der Waals surface area contributed by atoms with Gasteiger partial charge in [-0.1, -0.05) is 0 Å². The predicted molar refractivity (Wildman–Crippen MR) is 128 cm³/mol. The van der Waals surface area contributed by atoms with Gasteiger partial charge >= 0.3 is 12.3 Å². The van der Waals surface area contributed by atoms with Crippen LogP contribution in [0.3, 0.4) is 0 Å². The monoisotopic (exact) mass is 515 g/mol. The number of ether oxygens (including phenoxy) is 1. The molecule has 2 heterocycles. The standard InChI is InChI=1S/C25H24F3N5O4/c1-4-37-24(36)33-20-14-32(23(35)16-5-9-17(10-6-16)25(26,27)28)13-19(20)21(30-33)29-22(34)15-7-11-18(12-8-15)31(2)3/h5-12H,4,13-14H2,1-3H3,(H,29,30,34). The first kappa shape index (κ1) is 25.7. The van der Waals surface area contributed by atoms with Crippen LogP contribution < -0.4 is 10.2 Å². The summed E-state index contributed by atoms with van der Waals surface area (Å²) in [6.07, 6.45) is -5.30. The molecule has 4 rings (SSSR count). The van der Waals surface area contributed by atoms with Crippen LogP contribution >= 0.6 is 0 Å². The number of nitrogens with one attached hydrogen (secondary N) is 1. The molecule has 2 amide bonds. The van der Waals surface area contributed by atoms with Gasteiger partial charge < -0.3 is 19.9 Å². The van der Waals surface area contributed by atoms with Gasteiger partial charge in [-0.05, 0) is 55.5 Å². The molecule has 0 fully saturated rings. The quantitative estimate of drug-likeness (QED) is 0.542. The zero-order valence-electron chi connectivity index (χ0n) is 20.3. The third-order valence-corrected chi connectivity index (χ3v) is 5.84. The van der Waals surface area contributed by atoms with Crippen LogP contribution in [-0.4, -0.2) is 53.3 Å². The molecule has 0 aliphatic carbocycles. The molecule has 0 unspecified atom stereocenters. The molecule has 0 spiro atoms. The van der Waals surface area contributed by atoms with Crippen molar-refractivity contribution in [3.8, 4) is 0 Å². The van der Waals surface area contributed by atoms with Crippen LogP contribution in [-0.2, 0) is 24.0 Å². The molecule has 9 nitrogen and oxygen atoms in total. The van der Waals surface area contributed by atoms with Crippen LogP contribution in [0.2, 0.25) is 0 Å². The van der Waals surface area contributed by atoms with E-state index in [0.29, 0.717) is 16.8 Å². The summed E-state index contributed by atoms with van der Waals surface area (Å²) in [6, 6.07) is 10.7. The first-order chi connectivity index (χ1) is 17.5. The second-order valence-corrected chi connectivity index (χ2v) is 8.52. The second-order valence-electron chi connectivity index (χ2n) is 8.52. The van der Waals surface area contributed by atoms with Crippen molar-refractivity contribution in [3.63, 3.8) is 0 Å². The van der Waals surface area contributed by atoms with E-state index < -0.39 is 29.6 Å². The highest BCUT2D eigenvalue weighted by Gasteiger charge is 2.35. The largest absolute Gasteiger partial charge is 0.448 e. The average Bonchev–Trinajstić information content (AvgIpc) is 3.44. The van der Waals surface area contributed by atoms with Gasteiger partial charge in [0.2, 0.25) is 0 Å². The minimum Gasteiger partial charge on any atom is -0.448 e. The van der Waals surface area contributed by atoms with E-state index in [0.717, 1.165) is 34.6 Å². The van der Waals surface area contributed by atoms with Crippen molar-refractivity contribution in [1.29, 1.82) is 0 Å². The van der Waals surface area contributed by atoms with Crippen molar-refractivity contribution >= 4 is 29.4 Å². The summed E-state index contributed by atoms with van der Waals surface area (Å²) < 4.78 is 44.7. The Labute approximate surface area is 210 Å². The van der Waals surface area contributed by atoms with Crippen LogP contribution in [0.4, 0.5) is 29.5 Å². The number of halogens is 3. The molecule has 194 valence electrons. The molecular weight excluding hydrogens is 491 g/mol. The maximum Gasteiger partial charge on any atom is 0.435 e. The molecule has 1 aromatic heterocycles. The van der Waals surface area contributed by atoms with Crippen molar-refractivity contribution in [1.82, 2.24) is 14.7 Å². The van der Waals surface area contributed by atoms with Gasteiger partial charge in [-0.15, -0.1) is 5.10 Å². The summed E-state index contributed by atoms with van der Waals surface area (Å²) in [4.78, 5) is 41.7. The highest BCUT2D eigenvalue weighted by Crippen LogP contribution is 2.32. The lowest BCUT2D eigenvalue weighted by Crippen LogP contribution is -2.28. The molecular formula is C25H24F3N5O4. The number of carbonyl (C=O) groups is 3. The maximum atomic E-state index is 13.0. The fraction of sp³-hybridized carbons (Fsp3) is 0.280. The minimum absolute atomic E-state index is 0.0101. The predicted octanol–water partition coefficient (Wildman–Crippen LogP) is 4.38. The Morgan fingerprint density at radius 1 is 1.00 bits per heavy atom. The van der Waals surface area contributed by atoms with Crippen molar-refractivity contribution in [2.45, 2.75) is 26.2 Å². The number of carbonyl (C=O) groups excluding carboxylic acids is 3. The first-order valence-electron chi connectivity index (χ1n) is 11.3. The van der Waals surface area contributed by atoms with Gasteiger partial charge in [0.05, 0.1) is 31.0 Å². The fourth-order valence-electron chi connectivity index (χ4n) is 3.90. The first-order valence-corrected chi connectivity index (χ1v) is 11.3. The molecule has 1 aliphatic heterocycles. The van der Waals surface area contributed by atoms with Crippen LogP contribution in [0.5, 0.6) is 0 Å². The van der Waals surface area contributed by atoms with Crippen molar-refractivity contribution in [3.05, 3.63) is 76.5 Å². The lowest BCUT2D eigenvalue weighted by molar-refractivity contribution is -0.137. The number of hydrogen-bond acceptors (Lipinski definition) is 6. The highest BCUT2D eigenvalue weighted by atomic mass is 19.4. The molecule has 0 radical (unpaired) electrons. The molecule has 2 aromatic carbocycles. The summed E-state index contributed by atoms with van der Waals surface area (Å²) in [6.45, 7) is 1.65. The van der Waals surface area contributed by atoms with E-state index in [9.17, 15) is 27.6 Å². The van der Waals surface area contributed by atoms with E-state index in [1.807, 2.05) is 19.0 Å². The second kappa shape index (κ2) is 9.96. The number of alkyl halides is 3. The molecule has 0 bridgehead atoms. The van der Waals surface area contributed by atoms with E-state index in [-0.39, 0.29) is 31.1 Å². The van der Waals surface area contributed by atoms with Gasteiger partial charge in [-0.2, -0.15) is 17.9 Å². The van der Waals surface area contributed by atoms with Crippen molar-refractivity contribution in [2.75, 3.05) is 30.9 Å². The van der Waals surface area contributed by atoms with Crippen LogP contribution in [0.15, 0.2) is 48.5 Å². The molecule has 12 heteroatoms. The molecule has 0 atom stereocenters.